The van der Waals surface area contributed by atoms with E-state index in [1.54, 1.807) is 13.8 Å². The topological polar surface area (TPSA) is 54.5 Å². The van der Waals surface area contributed by atoms with Crippen LogP contribution in [0.3, 0.4) is 0 Å². The molecule has 1 N–H and O–H groups in total. The zero-order valence-electron chi connectivity index (χ0n) is 18.9. The van der Waals surface area contributed by atoms with E-state index < -0.39 is 23.0 Å². The minimum absolute atomic E-state index is 0.0698. The first kappa shape index (κ1) is 24.0. The Bertz CT molecular complexity index is 946. The second kappa shape index (κ2) is 9.48. The lowest BCUT2D eigenvalue weighted by Gasteiger charge is -2.39. The Morgan fingerprint density at radius 3 is 2.62 bits per heavy atom. The molecule has 1 aliphatic heterocycles. The molecule has 2 aromatic rings. The number of aromatic nitrogens is 1. The second-order valence-electron chi connectivity index (χ2n) is 9.12. The van der Waals surface area contributed by atoms with E-state index in [1.165, 1.54) is 23.4 Å². The van der Waals surface area contributed by atoms with Crippen LogP contribution >= 0.6 is 0 Å². The van der Waals surface area contributed by atoms with Gasteiger partial charge >= 0.3 is 6.18 Å². The van der Waals surface area contributed by atoms with E-state index in [0.717, 1.165) is 25.6 Å². The summed E-state index contributed by atoms with van der Waals surface area (Å²) < 4.78 is 45.0. The van der Waals surface area contributed by atoms with Gasteiger partial charge in [-0.25, -0.2) is 4.98 Å². The number of carbonyl (C=O) groups excluding carboxylic acids is 1. The summed E-state index contributed by atoms with van der Waals surface area (Å²) in [6.45, 7) is 6.83. The van der Waals surface area contributed by atoms with Gasteiger partial charge < -0.3 is 15.0 Å². The number of hydrogen-bond donors (Lipinski definition) is 1. The van der Waals surface area contributed by atoms with Gasteiger partial charge in [-0.15, -0.1) is 0 Å². The molecule has 174 valence electrons. The van der Waals surface area contributed by atoms with Crippen molar-refractivity contribution in [1.29, 1.82) is 0 Å². The Morgan fingerprint density at radius 1 is 1.22 bits per heavy atom. The maximum absolute atomic E-state index is 13.2. The van der Waals surface area contributed by atoms with Crippen LogP contribution in [0.2, 0.25) is 0 Å². The van der Waals surface area contributed by atoms with Crippen LogP contribution in [0.5, 0.6) is 5.88 Å². The summed E-state index contributed by atoms with van der Waals surface area (Å²) in [7, 11) is 2.06. The van der Waals surface area contributed by atoms with E-state index in [2.05, 4.69) is 41.3 Å². The number of hydrogen-bond acceptors (Lipinski definition) is 4. The maximum atomic E-state index is 13.2. The number of benzene rings is 1. The Balaban J connectivity index is 1.72. The van der Waals surface area contributed by atoms with Crippen molar-refractivity contribution in [3.63, 3.8) is 0 Å². The molecule has 0 aliphatic carbocycles. The van der Waals surface area contributed by atoms with E-state index in [9.17, 15) is 18.0 Å². The van der Waals surface area contributed by atoms with Crippen LogP contribution in [0.15, 0.2) is 42.6 Å². The highest BCUT2D eigenvalue weighted by molar-refractivity contribution is 5.82. The lowest BCUT2D eigenvalue weighted by atomic mass is 9.83. The molecular weight excluding hydrogens is 419 g/mol. The van der Waals surface area contributed by atoms with E-state index in [1.807, 2.05) is 12.1 Å². The third-order valence-electron chi connectivity index (χ3n) is 5.98. The molecule has 1 aliphatic rings. The molecule has 2 unspecified atom stereocenters. The maximum Gasteiger partial charge on any atom is 0.421 e. The number of alkyl halides is 3. The van der Waals surface area contributed by atoms with Crippen molar-refractivity contribution < 1.29 is 22.7 Å². The quantitative estimate of drug-likeness (QED) is 0.710. The van der Waals surface area contributed by atoms with Crippen molar-refractivity contribution in [1.82, 2.24) is 15.2 Å². The summed E-state index contributed by atoms with van der Waals surface area (Å²) in [5.41, 5.74) is 0.373. The predicted molar refractivity (Wildman–Crippen MR) is 116 cm³/mol. The average molecular weight is 450 g/mol. The van der Waals surface area contributed by atoms with Crippen LogP contribution < -0.4 is 10.1 Å². The van der Waals surface area contributed by atoms with Crippen molar-refractivity contribution in [3.8, 4) is 5.88 Å². The summed E-state index contributed by atoms with van der Waals surface area (Å²) in [6, 6.07) is 10.2. The summed E-state index contributed by atoms with van der Waals surface area (Å²) in [5, 5.41) is 3.15. The lowest BCUT2D eigenvalue weighted by molar-refractivity contribution is -0.139. The first-order chi connectivity index (χ1) is 15.0. The lowest BCUT2D eigenvalue weighted by Crippen LogP contribution is -2.52. The Kier molecular flexibility index (Phi) is 7.12. The van der Waals surface area contributed by atoms with Gasteiger partial charge in [0.25, 0.3) is 0 Å². The second-order valence-corrected chi connectivity index (χ2v) is 9.12. The average Bonchev–Trinajstić information content (AvgIpc) is 2.73. The number of halogens is 3. The highest BCUT2D eigenvalue weighted by Crippen LogP contribution is 2.35. The number of amides is 1. The van der Waals surface area contributed by atoms with Gasteiger partial charge in [-0.1, -0.05) is 24.3 Å². The van der Waals surface area contributed by atoms with Crippen molar-refractivity contribution in [2.75, 3.05) is 26.7 Å². The monoisotopic (exact) mass is 449 g/mol. The van der Waals surface area contributed by atoms with Gasteiger partial charge in [0, 0.05) is 24.7 Å². The largest absolute Gasteiger partial charge is 0.476 e. The molecule has 1 fully saturated rings. The first-order valence-corrected chi connectivity index (χ1v) is 10.7. The molecule has 0 saturated carbocycles. The Morgan fingerprint density at radius 2 is 1.94 bits per heavy atom. The highest BCUT2D eigenvalue weighted by Gasteiger charge is 2.38. The molecule has 1 aromatic heterocycles. The molecule has 32 heavy (non-hydrogen) atoms. The molecule has 2 heterocycles. The molecule has 2 atom stereocenters. The molecule has 5 nitrogen and oxygen atoms in total. The van der Waals surface area contributed by atoms with E-state index in [0.29, 0.717) is 0 Å². The smallest absolute Gasteiger partial charge is 0.421 e. The molecule has 1 amide bonds. The van der Waals surface area contributed by atoms with Gasteiger partial charge in [-0.05, 0) is 64.0 Å². The van der Waals surface area contributed by atoms with Gasteiger partial charge in [0.2, 0.25) is 11.8 Å². The molecular formula is C24H30F3N3O2. The van der Waals surface area contributed by atoms with Crippen molar-refractivity contribution in [3.05, 3.63) is 59.3 Å². The number of likely N-dealkylation sites (N-methyl/N-ethyl adjacent to an activating group) is 1. The number of nitrogens with zero attached hydrogens (tertiary/aromatic N) is 2. The van der Waals surface area contributed by atoms with Crippen LogP contribution in [0, 0.1) is 12.3 Å². The Labute approximate surface area is 187 Å². The normalized spacial score (nSPS) is 20.1. The van der Waals surface area contributed by atoms with Crippen LogP contribution in [0.1, 0.15) is 42.9 Å². The van der Waals surface area contributed by atoms with Crippen molar-refractivity contribution in [2.24, 2.45) is 5.41 Å². The zero-order valence-corrected chi connectivity index (χ0v) is 18.9. The molecule has 1 aromatic carbocycles. The third kappa shape index (κ3) is 5.59. The number of likely N-dealkylation sites (tertiary alicyclic amines) is 1. The van der Waals surface area contributed by atoms with Crippen LogP contribution in [0.4, 0.5) is 13.2 Å². The molecule has 0 bridgehead atoms. The van der Waals surface area contributed by atoms with E-state index in [4.69, 9.17) is 4.74 Å². The van der Waals surface area contributed by atoms with Crippen molar-refractivity contribution >= 4 is 5.91 Å². The van der Waals surface area contributed by atoms with Crippen LogP contribution in [0.25, 0.3) is 0 Å². The summed E-state index contributed by atoms with van der Waals surface area (Å²) in [5.74, 6) is -0.642. The van der Waals surface area contributed by atoms with Crippen molar-refractivity contribution in [2.45, 2.75) is 45.3 Å². The fraction of sp³-hybridized carbons (Fsp3) is 0.500. The van der Waals surface area contributed by atoms with Gasteiger partial charge in [0.1, 0.15) is 12.2 Å². The zero-order chi connectivity index (χ0) is 23.5. The minimum Gasteiger partial charge on any atom is -0.476 e. The third-order valence-corrected chi connectivity index (χ3v) is 5.98. The van der Waals surface area contributed by atoms with Gasteiger partial charge in [-0.2, -0.15) is 13.2 Å². The van der Waals surface area contributed by atoms with Gasteiger partial charge in [0.15, 0.2) is 0 Å². The molecule has 0 radical (unpaired) electrons. The number of nitrogens with one attached hydrogen (secondary N) is 1. The molecule has 8 heteroatoms. The van der Waals surface area contributed by atoms with Crippen LogP contribution in [-0.4, -0.2) is 48.6 Å². The number of aryl methyl sites for hydroxylation is 1. The first-order valence-electron chi connectivity index (χ1n) is 10.7. The standard InChI is InChI=1S/C24H30F3N3O2/c1-16-8-5-6-9-17(16)18-14-30(4)13-11-20(18)29-22(31)23(2,3)15-32-21-19(24(25,26)27)10-7-12-28-21/h5-10,12,18,20H,11,13-15H2,1-4H3,(H,29,31). The van der Waals surface area contributed by atoms with E-state index in [-0.39, 0.29) is 24.5 Å². The summed E-state index contributed by atoms with van der Waals surface area (Å²) in [6.07, 6.45) is -2.55. The number of carbonyl (C=O) groups is 1. The molecule has 0 spiro atoms. The molecule has 3 rings (SSSR count). The SMILES string of the molecule is Cc1ccccc1C1CN(C)CCC1NC(=O)C(C)(C)COc1ncccc1C(F)(F)F. The summed E-state index contributed by atoms with van der Waals surface area (Å²) in [4.78, 5) is 19.1. The van der Waals surface area contributed by atoms with Crippen LogP contribution in [-0.2, 0) is 11.0 Å². The Hall–Kier alpha value is -2.61. The van der Waals surface area contributed by atoms with Gasteiger partial charge in [0.05, 0.1) is 5.41 Å². The predicted octanol–water partition coefficient (Wildman–Crippen LogP) is 4.42. The molecule has 1 saturated heterocycles. The number of pyridine rings is 1. The summed E-state index contributed by atoms with van der Waals surface area (Å²) >= 11 is 0. The minimum atomic E-state index is -4.58. The number of piperidine rings is 1. The van der Waals surface area contributed by atoms with Gasteiger partial charge in [-0.3, -0.25) is 4.79 Å². The van der Waals surface area contributed by atoms with E-state index >= 15 is 0 Å². The number of rotatable bonds is 6. The fourth-order valence-electron chi connectivity index (χ4n) is 4.01. The number of ether oxygens (including phenoxy) is 1. The highest BCUT2D eigenvalue weighted by atomic mass is 19.4. The fourth-order valence-corrected chi connectivity index (χ4v) is 4.01.